The Labute approximate surface area is 121 Å². The van der Waals surface area contributed by atoms with Crippen LogP contribution in [0, 0.1) is 5.82 Å². The van der Waals surface area contributed by atoms with Crippen LogP contribution in [-0.4, -0.2) is 27.9 Å². The number of thioether (sulfide) groups is 1. The highest BCUT2D eigenvalue weighted by Gasteiger charge is 2.23. The highest BCUT2D eigenvalue weighted by Crippen LogP contribution is 2.25. The largest absolute Gasteiger partial charge is 0.468 e. The summed E-state index contributed by atoms with van der Waals surface area (Å²) < 4.78 is 19.6. The summed E-state index contributed by atoms with van der Waals surface area (Å²) in [6, 6.07) is 6.11. The van der Waals surface area contributed by atoms with Gasteiger partial charge in [0.15, 0.2) is 5.16 Å². The van der Waals surface area contributed by atoms with Gasteiger partial charge in [0.25, 0.3) is 0 Å². The predicted molar refractivity (Wildman–Crippen MR) is 75.0 cm³/mol. The standard InChI is InChI=1S/C14H15FN2O2S/c1-17-8-7-16-14(17)20-12(13(18)19-2)9-10-3-5-11(15)6-4-10/h3-8,12H,9H2,1-2H3/t12-/m0/s1. The molecule has 0 aliphatic heterocycles. The molecule has 0 unspecified atom stereocenters. The van der Waals surface area contributed by atoms with Crippen LogP contribution in [0.15, 0.2) is 41.8 Å². The number of benzene rings is 1. The molecular weight excluding hydrogens is 279 g/mol. The zero-order valence-corrected chi connectivity index (χ0v) is 12.1. The average molecular weight is 294 g/mol. The van der Waals surface area contributed by atoms with Crippen LogP contribution in [0.2, 0.25) is 0 Å². The monoisotopic (exact) mass is 294 g/mol. The quantitative estimate of drug-likeness (QED) is 0.627. The van der Waals surface area contributed by atoms with Gasteiger partial charge in [0.1, 0.15) is 11.1 Å². The van der Waals surface area contributed by atoms with Crippen LogP contribution in [0.5, 0.6) is 0 Å². The van der Waals surface area contributed by atoms with Crippen molar-refractivity contribution >= 4 is 17.7 Å². The van der Waals surface area contributed by atoms with Gasteiger partial charge in [-0.25, -0.2) is 9.37 Å². The zero-order chi connectivity index (χ0) is 14.5. The Morgan fingerprint density at radius 1 is 1.45 bits per heavy atom. The summed E-state index contributed by atoms with van der Waals surface area (Å²) >= 11 is 1.34. The molecule has 6 heteroatoms. The number of halogens is 1. The predicted octanol–water partition coefficient (Wildman–Crippen LogP) is 2.44. The van der Waals surface area contributed by atoms with E-state index in [1.165, 1.54) is 31.0 Å². The number of aromatic nitrogens is 2. The maximum atomic E-state index is 12.9. The van der Waals surface area contributed by atoms with Crippen molar-refractivity contribution < 1.29 is 13.9 Å². The van der Waals surface area contributed by atoms with Crippen LogP contribution in [-0.2, 0) is 23.0 Å². The highest BCUT2D eigenvalue weighted by molar-refractivity contribution is 8.00. The van der Waals surface area contributed by atoms with Crippen LogP contribution >= 0.6 is 11.8 Å². The first-order valence-electron chi connectivity index (χ1n) is 6.06. The van der Waals surface area contributed by atoms with Crippen LogP contribution in [0.25, 0.3) is 0 Å². The third kappa shape index (κ3) is 3.60. The normalized spacial score (nSPS) is 12.2. The molecule has 0 fully saturated rings. The molecule has 4 nitrogen and oxygen atoms in total. The third-order valence-electron chi connectivity index (χ3n) is 2.82. The van der Waals surface area contributed by atoms with E-state index in [9.17, 15) is 9.18 Å². The minimum atomic E-state index is -0.411. The van der Waals surface area contributed by atoms with Gasteiger partial charge in [-0.2, -0.15) is 0 Å². The molecule has 0 amide bonds. The number of hydrogen-bond donors (Lipinski definition) is 0. The van der Waals surface area contributed by atoms with Crippen molar-refractivity contribution in [3.63, 3.8) is 0 Å². The van der Waals surface area contributed by atoms with Gasteiger partial charge in [0, 0.05) is 19.4 Å². The molecule has 0 aliphatic rings. The van der Waals surface area contributed by atoms with E-state index in [1.807, 2.05) is 17.8 Å². The fourth-order valence-corrected chi connectivity index (χ4v) is 2.80. The van der Waals surface area contributed by atoms with E-state index in [0.717, 1.165) is 10.7 Å². The fraction of sp³-hybridized carbons (Fsp3) is 0.286. The number of carbonyl (C=O) groups excluding carboxylic acids is 1. The molecule has 20 heavy (non-hydrogen) atoms. The molecule has 0 saturated heterocycles. The second kappa shape index (κ2) is 6.56. The summed E-state index contributed by atoms with van der Waals surface area (Å²) in [5.74, 6) is -0.609. The molecule has 2 aromatic rings. The van der Waals surface area contributed by atoms with E-state index in [4.69, 9.17) is 4.74 Å². The van der Waals surface area contributed by atoms with Crippen molar-refractivity contribution in [1.29, 1.82) is 0 Å². The number of nitrogens with zero attached hydrogens (tertiary/aromatic N) is 2. The Morgan fingerprint density at radius 3 is 2.70 bits per heavy atom. The SMILES string of the molecule is COC(=O)[C@H](Cc1ccc(F)cc1)Sc1nccn1C. The Kier molecular flexibility index (Phi) is 4.79. The number of methoxy groups -OCH3 is 1. The number of hydrogen-bond acceptors (Lipinski definition) is 4. The second-order valence-corrected chi connectivity index (χ2v) is 5.45. The number of rotatable bonds is 5. The number of carbonyl (C=O) groups is 1. The van der Waals surface area contributed by atoms with Gasteiger partial charge in [0.05, 0.1) is 7.11 Å². The van der Waals surface area contributed by atoms with E-state index in [1.54, 1.807) is 18.3 Å². The van der Waals surface area contributed by atoms with Gasteiger partial charge in [-0.15, -0.1) is 0 Å². The molecule has 106 valence electrons. The molecule has 0 N–H and O–H groups in total. The number of aryl methyl sites for hydroxylation is 1. The first kappa shape index (κ1) is 14.6. The molecule has 1 heterocycles. The van der Waals surface area contributed by atoms with Crippen molar-refractivity contribution in [2.45, 2.75) is 16.8 Å². The summed E-state index contributed by atoms with van der Waals surface area (Å²) in [5, 5.41) is 0.328. The maximum absolute atomic E-state index is 12.9. The molecular formula is C14H15FN2O2S. The molecule has 1 atom stereocenters. The van der Waals surface area contributed by atoms with Crippen molar-refractivity contribution in [2.24, 2.45) is 7.05 Å². The molecule has 1 aromatic carbocycles. The molecule has 0 saturated carbocycles. The van der Waals surface area contributed by atoms with Gasteiger partial charge in [-0.1, -0.05) is 23.9 Å². The molecule has 1 aromatic heterocycles. The summed E-state index contributed by atoms with van der Waals surface area (Å²) in [7, 11) is 3.22. The van der Waals surface area contributed by atoms with E-state index in [2.05, 4.69) is 4.98 Å². The lowest BCUT2D eigenvalue weighted by Crippen LogP contribution is -2.22. The van der Waals surface area contributed by atoms with Gasteiger partial charge in [-0.05, 0) is 24.1 Å². The van der Waals surface area contributed by atoms with E-state index < -0.39 is 5.25 Å². The molecule has 0 aliphatic carbocycles. The lowest BCUT2D eigenvalue weighted by atomic mass is 10.1. The number of ether oxygens (including phenoxy) is 1. The molecule has 0 spiro atoms. The number of esters is 1. The number of imidazole rings is 1. The first-order chi connectivity index (χ1) is 9.60. The molecule has 0 radical (unpaired) electrons. The lowest BCUT2D eigenvalue weighted by molar-refractivity contribution is -0.139. The summed E-state index contributed by atoms with van der Waals surface area (Å²) in [5.41, 5.74) is 0.878. The van der Waals surface area contributed by atoms with Crippen molar-refractivity contribution in [3.05, 3.63) is 48.0 Å². The minimum Gasteiger partial charge on any atom is -0.468 e. The Hall–Kier alpha value is -1.82. The summed E-state index contributed by atoms with van der Waals surface area (Å²) in [6.07, 6.45) is 3.95. The highest BCUT2D eigenvalue weighted by atomic mass is 32.2. The van der Waals surface area contributed by atoms with Gasteiger partial charge >= 0.3 is 5.97 Å². The second-order valence-electron chi connectivity index (χ2n) is 4.28. The van der Waals surface area contributed by atoms with Crippen LogP contribution in [0.4, 0.5) is 4.39 Å². The van der Waals surface area contributed by atoms with E-state index in [-0.39, 0.29) is 11.8 Å². The van der Waals surface area contributed by atoms with Crippen LogP contribution < -0.4 is 0 Å². The Morgan fingerprint density at radius 2 is 2.15 bits per heavy atom. The van der Waals surface area contributed by atoms with Gasteiger partial charge < -0.3 is 9.30 Å². The van der Waals surface area contributed by atoms with Crippen molar-refractivity contribution in [3.8, 4) is 0 Å². The van der Waals surface area contributed by atoms with E-state index in [0.29, 0.717) is 6.42 Å². The topological polar surface area (TPSA) is 44.1 Å². The third-order valence-corrected chi connectivity index (χ3v) is 4.07. The maximum Gasteiger partial charge on any atom is 0.319 e. The summed E-state index contributed by atoms with van der Waals surface area (Å²) in [6.45, 7) is 0. The van der Waals surface area contributed by atoms with Crippen LogP contribution in [0.1, 0.15) is 5.56 Å². The van der Waals surface area contributed by atoms with Gasteiger partial charge in [0.2, 0.25) is 0 Å². The smallest absolute Gasteiger partial charge is 0.319 e. The Bertz CT molecular complexity index is 583. The summed E-state index contributed by atoms with van der Waals surface area (Å²) in [4.78, 5) is 16.1. The van der Waals surface area contributed by atoms with E-state index >= 15 is 0 Å². The van der Waals surface area contributed by atoms with Crippen molar-refractivity contribution in [1.82, 2.24) is 9.55 Å². The average Bonchev–Trinajstić information content (AvgIpc) is 2.85. The lowest BCUT2D eigenvalue weighted by Gasteiger charge is -2.14. The Balaban J connectivity index is 2.13. The van der Waals surface area contributed by atoms with Crippen LogP contribution in [0.3, 0.4) is 0 Å². The van der Waals surface area contributed by atoms with Crippen molar-refractivity contribution in [2.75, 3.05) is 7.11 Å². The molecule has 2 rings (SSSR count). The fourth-order valence-electron chi connectivity index (χ4n) is 1.73. The minimum absolute atomic E-state index is 0.292. The van der Waals surface area contributed by atoms with Gasteiger partial charge in [-0.3, -0.25) is 4.79 Å². The first-order valence-corrected chi connectivity index (χ1v) is 6.94. The molecule has 0 bridgehead atoms. The zero-order valence-electron chi connectivity index (χ0n) is 11.2.